The number of carbonyl (C=O) groups excluding carboxylic acids is 1. The average molecular weight is 354 g/mol. The molecule has 2 aliphatic rings. The minimum atomic E-state index is -0.140. The number of likely N-dealkylation sites (tertiary alicyclic amines) is 1. The number of aryl methyl sites for hydroxylation is 2. The highest BCUT2D eigenvalue weighted by Crippen LogP contribution is 2.35. The summed E-state index contributed by atoms with van der Waals surface area (Å²) in [5.41, 5.74) is 2.16. The summed E-state index contributed by atoms with van der Waals surface area (Å²) in [6.45, 7) is 9.90. The Bertz CT molecular complexity index is 678. The summed E-state index contributed by atoms with van der Waals surface area (Å²) in [6, 6.07) is 1.95. The van der Waals surface area contributed by atoms with E-state index in [0.29, 0.717) is 12.1 Å². The van der Waals surface area contributed by atoms with Crippen LogP contribution in [-0.2, 0) is 6.54 Å². The summed E-state index contributed by atoms with van der Waals surface area (Å²) >= 11 is 0. The summed E-state index contributed by atoms with van der Waals surface area (Å²) in [7, 11) is 0. The molecule has 1 amide bonds. The molecule has 6 heteroatoms. The maximum Gasteiger partial charge on any atom is 0.263 e. The molecule has 0 bridgehead atoms. The second-order valence-corrected chi connectivity index (χ2v) is 7.15. The van der Waals surface area contributed by atoms with Crippen LogP contribution < -0.4 is 10.9 Å². The topological polar surface area (TPSA) is 54.3 Å². The lowest BCUT2D eigenvalue weighted by molar-refractivity contribution is 0.0550. The van der Waals surface area contributed by atoms with Crippen molar-refractivity contribution in [3.8, 4) is 0 Å². The number of nitrogens with zero attached hydrogens (tertiary/aromatic N) is 2. The molecule has 5 nitrogen and oxygen atoms in total. The molecule has 2 aliphatic heterocycles. The maximum absolute atomic E-state index is 13.1. The number of piperidine rings is 1. The van der Waals surface area contributed by atoms with Crippen LogP contribution in [0, 0.1) is 19.3 Å². The van der Waals surface area contributed by atoms with Crippen molar-refractivity contribution in [2.45, 2.75) is 46.6 Å². The van der Waals surface area contributed by atoms with Gasteiger partial charge in [0, 0.05) is 37.3 Å². The number of rotatable bonds is 2. The molecule has 3 heterocycles. The zero-order valence-electron chi connectivity index (χ0n) is 14.9. The molecule has 24 heavy (non-hydrogen) atoms. The molecule has 0 aliphatic carbocycles. The van der Waals surface area contributed by atoms with Gasteiger partial charge in [0.1, 0.15) is 5.56 Å². The normalized spacial score (nSPS) is 23.4. The summed E-state index contributed by atoms with van der Waals surface area (Å²) in [6.07, 6.45) is 3.33. The molecule has 3 rings (SSSR count). The van der Waals surface area contributed by atoms with E-state index < -0.39 is 0 Å². The Morgan fingerprint density at radius 1 is 1.33 bits per heavy atom. The van der Waals surface area contributed by atoms with Crippen LogP contribution in [0.3, 0.4) is 0 Å². The SMILES string of the molecule is CCn1c(C)cc(C)c(C(=O)N2CCCC3(CCNC3)C2)c1=O.Cl. The van der Waals surface area contributed by atoms with Crippen molar-refractivity contribution in [3.05, 3.63) is 33.2 Å². The first-order valence-electron chi connectivity index (χ1n) is 8.68. The van der Waals surface area contributed by atoms with Crippen LogP contribution in [0.15, 0.2) is 10.9 Å². The number of amides is 1. The predicted octanol–water partition coefficient (Wildman–Crippen LogP) is 2.12. The van der Waals surface area contributed by atoms with E-state index in [2.05, 4.69) is 5.32 Å². The Labute approximate surface area is 149 Å². The second-order valence-electron chi connectivity index (χ2n) is 7.15. The molecule has 1 spiro atoms. The molecule has 0 aromatic carbocycles. The van der Waals surface area contributed by atoms with E-state index in [4.69, 9.17) is 0 Å². The number of nitrogens with one attached hydrogen (secondary N) is 1. The highest BCUT2D eigenvalue weighted by molar-refractivity contribution is 5.95. The number of halogens is 1. The minimum Gasteiger partial charge on any atom is -0.338 e. The van der Waals surface area contributed by atoms with Gasteiger partial charge < -0.3 is 14.8 Å². The van der Waals surface area contributed by atoms with Gasteiger partial charge in [0.25, 0.3) is 11.5 Å². The maximum atomic E-state index is 13.1. The van der Waals surface area contributed by atoms with Crippen molar-refractivity contribution in [2.75, 3.05) is 26.2 Å². The predicted molar refractivity (Wildman–Crippen MR) is 98.2 cm³/mol. The fourth-order valence-corrected chi connectivity index (χ4v) is 4.26. The van der Waals surface area contributed by atoms with Gasteiger partial charge in [0.05, 0.1) is 0 Å². The quantitative estimate of drug-likeness (QED) is 0.886. The molecule has 0 saturated carbocycles. The van der Waals surface area contributed by atoms with Gasteiger partial charge in [-0.3, -0.25) is 9.59 Å². The van der Waals surface area contributed by atoms with E-state index in [1.807, 2.05) is 31.7 Å². The first-order chi connectivity index (χ1) is 11.0. The lowest BCUT2D eigenvalue weighted by Crippen LogP contribution is -2.48. The van der Waals surface area contributed by atoms with Crippen molar-refractivity contribution in [1.29, 1.82) is 0 Å². The molecule has 0 radical (unpaired) electrons. The number of carbonyl (C=O) groups is 1. The Morgan fingerprint density at radius 2 is 2.08 bits per heavy atom. The minimum absolute atomic E-state index is 0. The molecule has 1 atom stereocenters. The fourth-order valence-electron chi connectivity index (χ4n) is 4.26. The van der Waals surface area contributed by atoms with Crippen molar-refractivity contribution in [2.24, 2.45) is 5.41 Å². The highest BCUT2D eigenvalue weighted by atomic mass is 35.5. The highest BCUT2D eigenvalue weighted by Gasteiger charge is 2.40. The largest absolute Gasteiger partial charge is 0.338 e. The first kappa shape index (κ1) is 19.0. The molecule has 134 valence electrons. The standard InChI is InChI=1S/C18H27N3O2.ClH/c1-4-21-14(3)10-13(2)15(17(21)23)16(22)20-9-5-6-18(12-20)7-8-19-11-18;/h10,19H,4-9,11-12H2,1-3H3;1H. The lowest BCUT2D eigenvalue weighted by atomic mass is 9.79. The zero-order chi connectivity index (χ0) is 16.6. The number of hydrogen-bond acceptors (Lipinski definition) is 3. The van der Waals surface area contributed by atoms with Crippen LogP contribution in [0.4, 0.5) is 0 Å². The number of aromatic nitrogens is 1. The van der Waals surface area contributed by atoms with Gasteiger partial charge in [0.15, 0.2) is 0 Å². The average Bonchev–Trinajstić information content (AvgIpc) is 2.95. The summed E-state index contributed by atoms with van der Waals surface area (Å²) < 4.78 is 1.69. The Kier molecular flexibility index (Phi) is 5.76. The van der Waals surface area contributed by atoms with Gasteiger partial charge in [-0.05, 0) is 58.2 Å². The van der Waals surface area contributed by atoms with Crippen LogP contribution in [0.25, 0.3) is 0 Å². The van der Waals surface area contributed by atoms with Crippen molar-refractivity contribution in [1.82, 2.24) is 14.8 Å². The third-order valence-electron chi connectivity index (χ3n) is 5.52. The third kappa shape index (κ3) is 3.24. The van der Waals surface area contributed by atoms with Crippen molar-refractivity contribution < 1.29 is 4.79 Å². The van der Waals surface area contributed by atoms with Gasteiger partial charge >= 0.3 is 0 Å². The lowest BCUT2D eigenvalue weighted by Gasteiger charge is -2.40. The Morgan fingerprint density at radius 3 is 2.71 bits per heavy atom. The van der Waals surface area contributed by atoms with E-state index >= 15 is 0 Å². The van der Waals surface area contributed by atoms with Crippen LogP contribution in [0.1, 0.15) is 47.8 Å². The summed E-state index contributed by atoms with van der Waals surface area (Å²) in [4.78, 5) is 27.7. The van der Waals surface area contributed by atoms with Gasteiger partial charge in [-0.1, -0.05) is 0 Å². The van der Waals surface area contributed by atoms with Gasteiger partial charge in [-0.2, -0.15) is 0 Å². The van der Waals surface area contributed by atoms with Gasteiger partial charge in [-0.15, -0.1) is 12.4 Å². The zero-order valence-corrected chi connectivity index (χ0v) is 15.7. The molecule has 1 N–H and O–H groups in total. The van der Waals surface area contributed by atoms with Crippen molar-refractivity contribution >= 4 is 18.3 Å². The fraction of sp³-hybridized carbons (Fsp3) is 0.667. The van der Waals surface area contributed by atoms with E-state index in [-0.39, 0.29) is 29.3 Å². The Hall–Kier alpha value is -1.33. The van der Waals surface area contributed by atoms with E-state index in [9.17, 15) is 9.59 Å². The van der Waals surface area contributed by atoms with E-state index in [1.165, 1.54) is 6.42 Å². The smallest absolute Gasteiger partial charge is 0.263 e. The monoisotopic (exact) mass is 353 g/mol. The van der Waals surface area contributed by atoms with E-state index in [0.717, 1.165) is 50.3 Å². The van der Waals surface area contributed by atoms with Crippen LogP contribution in [0.2, 0.25) is 0 Å². The molecule has 1 aromatic rings. The molecule has 1 unspecified atom stereocenters. The molecule has 2 saturated heterocycles. The number of hydrogen-bond donors (Lipinski definition) is 1. The molecule has 2 fully saturated rings. The summed E-state index contributed by atoms with van der Waals surface area (Å²) in [5.74, 6) is -0.0827. The van der Waals surface area contributed by atoms with Crippen LogP contribution in [-0.4, -0.2) is 41.6 Å². The van der Waals surface area contributed by atoms with Gasteiger partial charge in [-0.25, -0.2) is 0 Å². The molecular formula is C18H28ClN3O2. The van der Waals surface area contributed by atoms with Crippen LogP contribution >= 0.6 is 12.4 Å². The van der Waals surface area contributed by atoms with Crippen molar-refractivity contribution in [3.63, 3.8) is 0 Å². The Balaban J connectivity index is 0.00000208. The summed E-state index contributed by atoms with van der Waals surface area (Å²) in [5, 5.41) is 3.43. The second kappa shape index (κ2) is 7.28. The van der Waals surface area contributed by atoms with Gasteiger partial charge in [0.2, 0.25) is 0 Å². The third-order valence-corrected chi connectivity index (χ3v) is 5.52. The first-order valence-corrected chi connectivity index (χ1v) is 8.68. The number of pyridine rings is 1. The molecular weight excluding hydrogens is 326 g/mol. The van der Waals surface area contributed by atoms with E-state index in [1.54, 1.807) is 4.57 Å². The molecule has 1 aromatic heterocycles. The van der Waals surface area contributed by atoms with Crippen LogP contribution in [0.5, 0.6) is 0 Å².